The average molecular weight is 360 g/mol. The van der Waals surface area contributed by atoms with Gasteiger partial charge in [-0.1, -0.05) is 15.9 Å². The Balaban J connectivity index is 2.25. The quantitative estimate of drug-likeness (QED) is 0.654. The summed E-state index contributed by atoms with van der Waals surface area (Å²) in [4.78, 5) is 22.1. The van der Waals surface area contributed by atoms with E-state index in [9.17, 15) is 14.7 Å². The summed E-state index contributed by atoms with van der Waals surface area (Å²) in [7, 11) is 0. The molecule has 3 N–H and O–H groups in total. The minimum Gasteiger partial charge on any atom is -0.493 e. The molecule has 1 atom stereocenters. The standard InChI is InChI=1S/C14H18BrNO5/c1-14(20,8-13(18)19)9-16-12(17)6-7-21-11-4-2-10(15)3-5-11/h2-5,20H,6-9H2,1H3,(H,16,17)(H,18,19). The van der Waals surface area contributed by atoms with Gasteiger partial charge >= 0.3 is 5.97 Å². The number of hydrogen-bond acceptors (Lipinski definition) is 4. The number of carboxylic acid groups (broad SMARTS) is 1. The van der Waals surface area contributed by atoms with Gasteiger partial charge in [0.1, 0.15) is 5.75 Å². The lowest BCUT2D eigenvalue weighted by atomic mass is 10.0. The molecule has 0 saturated carbocycles. The van der Waals surface area contributed by atoms with Crippen molar-refractivity contribution in [1.82, 2.24) is 5.32 Å². The van der Waals surface area contributed by atoms with Crippen molar-refractivity contribution in [1.29, 1.82) is 0 Å². The van der Waals surface area contributed by atoms with Crippen LogP contribution in [0.4, 0.5) is 0 Å². The smallest absolute Gasteiger partial charge is 0.306 e. The summed E-state index contributed by atoms with van der Waals surface area (Å²) < 4.78 is 6.33. The van der Waals surface area contributed by atoms with Gasteiger partial charge in [-0.2, -0.15) is 0 Å². The number of carbonyl (C=O) groups is 2. The van der Waals surface area contributed by atoms with E-state index < -0.39 is 18.0 Å². The van der Waals surface area contributed by atoms with Crippen LogP contribution in [0.1, 0.15) is 19.8 Å². The molecular weight excluding hydrogens is 342 g/mol. The summed E-state index contributed by atoms with van der Waals surface area (Å²) in [6.07, 6.45) is -0.304. The fourth-order valence-electron chi connectivity index (χ4n) is 1.56. The molecule has 1 amide bonds. The Bertz CT molecular complexity index is 487. The first-order chi connectivity index (χ1) is 9.78. The summed E-state index contributed by atoms with van der Waals surface area (Å²) in [5.74, 6) is -0.769. The molecule has 1 unspecified atom stereocenters. The normalized spacial score (nSPS) is 13.3. The van der Waals surface area contributed by atoms with Crippen molar-refractivity contribution in [3.05, 3.63) is 28.7 Å². The molecule has 0 heterocycles. The van der Waals surface area contributed by atoms with Crippen LogP contribution in [0.25, 0.3) is 0 Å². The highest BCUT2D eigenvalue weighted by Gasteiger charge is 2.24. The molecule has 1 aromatic rings. The Morgan fingerprint density at radius 1 is 1.33 bits per heavy atom. The Labute approximate surface area is 131 Å². The summed E-state index contributed by atoms with van der Waals surface area (Å²) in [5.41, 5.74) is -1.46. The summed E-state index contributed by atoms with van der Waals surface area (Å²) in [5, 5.41) is 20.8. The van der Waals surface area contributed by atoms with Crippen LogP contribution < -0.4 is 10.1 Å². The van der Waals surface area contributed by atoms with Crippen molar-refractivity contribution in [2.24, 2.45) is 0 Å². The van der Waals surface area contributed by atoms with E-state index in [2.05, 4.69) is 21.2 Å². The lowest BCUT2D eigenvalue weighted by Crippen LogP contribution is -2.42. The Morgan fingerprint density at radius 2 is 1.95 bits per heavy atom. The molecule has 0 spiro atoms. The van der Waals surface area contributed by atoms with Crippen LogP contribution in [0.3, 0.4) is 0 Å². The zero-order chi connectivity index (χ0) is 15.9. The first-order valence-electron chi connectivity index (χ1n) is 6.38. The van der Waals surface area contributed by atoms with Crippen molar-refractivity contribution in [3.8, 4) is 5.75 Å². The highest BCUT2D eigenvalue weighted by molar-refractivity contribution is 9.10. The third-order valence-electron chi connectivity index (χ3n) is 2.61. The SMILES string of the molecule is CC(O)(CNC(=O)CCOc1ccc(Br)cc1)CC(=O)O. The van der Waals surface area contributed by atoms with Crippen molar-refractivity contribution in [3.63, 3.8) is 0 Å². The number of carboxylic acids is 1. The first kappa shape index (κ1) is 17.5. The molecule has 0 aromatic heterocycles. The van der Waals surface area contributed by atoms with Gasteiger partial charge in [-0.05, 0) is 31.2 Å². The second-order valence-corrected chi connectivity index (χ2v) is 5.81. The maximum absolute atomic E-state index is 11.6. The summed E-state index contributed by atoms with van der Waals surface area (Å²) >= 11 is 3.31. The van der Waals surface area contributed by atoms with Gasteiger partial charge in [-0.25, -0.2) is 0 Å². The predicted octanol–water partition coefficient (Wildman–Crippen LogP) is 1.56. The van der Waals surface area contributed by atoms with Crippen molar-refractivity contribution < 1.29 is 24.5 Å². The lowest BCUT2D eigenvalue weighted by molar-refractivity contribution is -0.142. The minimum atomic E-state index is -1.46. The zero-order valence-electron chi connectivity index (χ0n) is 11.6. The molecule has 21 heavy (non-hydrogen) atoms. The number of rotatable bonds is 8. The van der Waals surface area contributed by atoms with Crippen LogP contribution in [-0.4, -0.2) is 40.8 Å². The maximum atomic E-state index is 11.6. The zero-order valence-corrected chi connectivity index (χ0v) is 13.2. The Hall–Kier alpha value is -1.60. The van der Waals surface area contributed by atoms with Gasteiger partial charge in [-0.3, -0.25) is 9.59 Å². The average Bonchev–Trinajstić information content (AvgIpc) is 2.37. The maximum Gasteiger partial charge on any atom is 0.306 e. The summed E-state index contributed by atoms with van der Waals surface area (Å²) in [6.45, 7) is 1.45. The molecular formula is C14H18BrNO5. The topological polar surface area (TPSA) is 95.9 Å². The predicted molar refractivity (Wildman–Crippen MR) is 80.1 cm³/mol. The number of amides is 1. The molecule has 0 radical (unpaired) electrons. The number of hydrogen-bond donors (Lipinski definition) is 3. The van der Waals surface area contributed by atoms with E-state index in [-0.39, 0.29) is 25.5 Å². The number of aliphatic carboxylic acids is 1. The molecule has 0 aliphatic heterocycles. The van der Waals surface area contributed by atoms with Crippen LogP contribution in [0.5, 0.6) is 5.75 Å². The van der Waals surface area contributed by atoms with E-state index in [4.69, 9.17) is 9.84 Å². The van der Waals surface area contributed by atoms with E-state index in [1.807, 2.05) is 12.1 Å². The molecule has 0 fully saturated rings. The number of nitrogens with one attached hydrogen (secondary N) is 1. The van der Waals surface area contributed by atoms with Crippen LogP contribution in [0.2, 0.25) is 0 Å². The first-order valence-corrected chi connectivity index (χ1v) is 7.17. The molecule has 0 bridgehead atoms. The highest BCUT2D eigenvalue weighted by Crippen LogP contribution is 2.16. The van der Waals surface area contributed by atoms with E-state index in [0.717, 1.165) is 4.47 Å². The molecule has 1 rings (SSSR count). The monoisotopic (exact) mass is 359 g/mol. The second-order valence-electron chi connectivity index (χ2n) is 4.90. The van der Waals surface area contributed by atoms with Gasteiger partial charge in [0.15, 0.2) is 0 Å². The molecule has 7 heteroatoms. The second kappa shape index (κ2) is 7.99. The van der Waals surface area contributed by atoms with Gasteiger partial charge in [0, 0.05) is 11.0 Å². The molecule has 1 aromatic carbocycles. The van der Waals surface area contributed by atoms with Crippen molar-refractivity contribution in [2.45, 2.75) is 25.4 Å². The number of carbonyl (C=O) groups excluding carboxylic acids is 1. The fraction of sp³-hybridized carbons (Fsp3) is 0.429. The van der Waals surface area contributed by atoms with E-state index in [1.54, 1.807) is 12.1 Å². The van der Waals surface area contributed by atoms with Gasteiger partial charge in [0.2, 0.25) is 5.91 Å². The Morgan fingerprint density at radius 3 is 2.52 bits per heavy atom. The fourth-order valence-corrected chi connectivity index (χ4v) is 1.82. The van der Waals surface area contributed by atoms with Crippen molar-refractivity contribution >= 4 is 27.8 Å². The number of aliphatic hydroxyl groups is 1. The Kier molecular flexibility index (Phi) is 6.64. The van der Waals surface area contributed by atoms with Gasteiger partial charge < -0.3 is 20.3 Å². The molecule has 0 aliphatic carbocycles. The van der Waals surface area contributed by atoms with Crippen LogP contribution in [0, 0.1) is 0 Å². The van der Waals surface area contributed by atoms with E-state index >= 15 is 0 Å². The minimum absolute atomic E-state index is 0.115. The van der Waals surface area contributed by atoms with E-state index in [0.29, 0.717) is 5.75 Å². The largest absolute Gasteiger partial charge is 0.493 e. The molecule has 0 saturated heterocycles. The molecule has 0 aliphatic rings. The highest BCUT2D eigenvalue weighted by atomic mass is 79.9. The third kappa shape index (κ3) is 7.67. The third-order valence-corrected chi connectivity index (χ3v) is 3.14. The lowest BCUT2D eigenvalue weighted by Gasteiger charge is -2.21. The van der Waals surface area contributed by atoms with E-state index in [1.165, 1.54) is 6.92 Å². The number of ether oxygens (including phenoxy) is 1. The van der Waals surface area contributed by atoms with Crippen LogP contribution >= 0.6 is 15.9 Å². The van der Waals surface area contributed by atoms with Crippen molar-refractivity contribution in [2.75, 3.05) is 13.2 Å². The number of halogens is 1. The van der Waals surface area contributed by atoms with Gasteiger partial charge in [-0.15, -0.1) is 0 Å². The molecule has 6 nitrogen and oxygen atoms in total. The number of benzene rings is 1. The summed E-state index contributed by atoms with van der Waals surface area (Å²) in [6, 6.07) is 7.22. The van der Waals surface area contributed by atoms with Crippen LogP contribution in [-0.2, 0) is 9.59 Å². The molecule has 116 valence electrons. The van der Waals surface area contributed by atoms with Gasteiger partial charge in [0.05, 0.1) is 25.0 Å². The van der Waals surface area contributed by atoms with Gasteiger partial charge in [0.25, 0.3) is 0 Å². The van der Waals surface area contributed by atoms with Crippen LogP contribution in [0.15, 0.2) is 28.7 Å².